The Balaban J connectivity index is 1.76. The monoisotopic (exact) mass is 316 g/mol. The number of likely N-dealkylation sites (tertiary alicyclic amines) is 1. The number of likely N-dealkylation sites (N-methyl/N-ethyl adjacent to an activating group) is 1. The summed E-state index contributed by atoms with van der Waals surface area (Å²) in [5.74, 6) is 3.11. The predicted octanol–water partition coefficient (Wildman–Crippen LogP) is 3.66. The highest BCUT2D eigenvalue weighted by Gasteiger charge is 2.30. The first kappa shape index (κ1) is 14.5. The van der Waals surface area contributed by atoms with Crippen LogP contribution in [0.3, 0.4) is 0 Å². The Hall–Kier alpha value is -1.07. The molecule has 2 unspecified atom stereocenters. The zero-order valence-electron chi connectivity index (χ0n) is 13.2. The molecule has 118 valence electrons. The number of pyridine rings is 1. The molecule has 2 fully saturated rings. The lowest BCUT2D eigenvalue weighted by Crippen LogP contribution is -2.21. The van der Waals surface area contributed by atoms with Crippen molar-refractivity contribution in [3.8, 4) is 0 Å². The van der Waals surface area contributed by atoms with Crippen molar-refractivity contribution in [2.45, 2.75) is 43.9 Å². The molecule has 5 heteroatoms. The maximum Gasteiger partial charge on any atom is 0.160 e. The van der Waals surface area contributed by atoms with Crippen LogP contribution in [-0.4, -0.2) is 44.8 Å². The molecule has 0 N–H and O–H groups in total. The van der Waals surface area contributed by atoms with Gasteiger partial charge in [-0.1, -0.05) is 6.92 Å². The second-order valence-electron chi connectivity index (χ2n) is 6.39. The summed E-state index contributed by atoms with van der Waals surface area (Å²) >= 11 is 2.08. The molecular formula is C17H24N4S. The van der Waals surface area contributed by atoms with Crippen molar-refractivity contribution >= 4 is 22.9 Å². The van der Waals surface area contributed by atoms with E-state index in [2.05, 4.69) is 39.2 Å². The van der Waals surface area contributed by atoms with Crippen molar-refractivity contribution in [1.29, 1.82) is 0 Å². The molecule has 4 nitrogen and oxygen atoms in total. The third kappa shape index (κ3) is 2.54. The van der Waals surface area contributed by atoms with Gasteiger partial charge in [-0.3, -0.25) is 4.57 Å². The Labute approximate surface area is 136 Å². The summed E-state index contributed by atoms with van der Waals surface area (Å²) in [6.07, 6.45) is 7.07. The maximum absolute atomic E-state index is 5.00. The fourth-order valence-corrected chi connectivity index (χ4v) is 5.11. The minimum atomic E-state index is 0.527. The first-order chi connectivity index (χ1) is 10.9. The molecule has 4 rings (SSSR count). The van der Waals surface area contributed by atoms with E-state index in [4.69, 9.17) is 4.98 Å². The molecular weight excluding hydrogens is 292 g/mol. The summed E-state index contributed by atoms with van der Waals surface area (Å²) in [6.45, 7) is 5.75. The molecule has 2 saturated heterocycles. The van der Waals surface area contributed by atoms with Crippen LogP contribution in [0.2, 0.25) is 0 Å². The molecule has 2 aliphatic rings. The van der Waals surface area contributed by atoms with E-state index < -0.39 is 0 Å². The quantitative estimate of drug-likeness (QED) is 0.865. The molecule has 2 aromatic heterocycles. The maximum atomic E-state index is 5.00. The van der Waals surface area contributed by atoms with Gasteiger partial charge in [0.25, 0.3) is 0 Å². The van der Waals surface area contributed by atoms with Gasteiger partial charge < -0.3 is 4.90 Å². The first-order valence-electron chi connectivity index (χ1n) is 8.53. The standard InChI is InChI=1S/C17H24N4S/c1-2-20-10-8-13(12-20)16-19-14-6-5-9-18-17(14)21(16)15-7-3-4-11-22-15/h5-6,9,13,15H,2-4,7-8,10-12H2,1H3. The van der Waals surface area contributed by atoms with Crippen molar-refractivity contribution in [3.63, 3.8) is 0 Å². The molecule has 0 radical (unpaired) electrons. The highest BCUT2D eigenvalue weighted by atomic mass is 32.2. The number of hydrogen-bond donors (Lipinski definition) is 0. The molecule has 2 aliphatic heterocycles. The Morgan fingerprint density at radius 1 is 1.32 bits per heavy atom. The highest BCUT2D eigenvalue weighted by molar-refractivity contribution is 7.99. The Bertz CT molecular complexity index is 647. The van der Waals surface area contributed by atoms with E-state index in [-0.39, 0.29) is 0 Å². The fraction of sp³-hybridized carbons (Fsp3) is 0.647. The van der Waals surface area contributed by atoms with Crippen molar-refractivity contribution < 1.29 is 0 Å². The summed E-state index contributed by atoms with van der Waals surface area (Å²) in [6, 6.07) is 4.12. The van der Waals surface area contributed by atoms with Gasteiger partial charge in [0.05, 0.1) is 5.37 Å². The van der Waals surface area contributed by atoms with Gasteiger partial charge in [0.1, 0.15) is 11.3 Å². The van der Waals surface area contributed by atoms with Gasteiger partial charge in [-0.2, -0.15) is 0 Å². The summed E-state index contributed by atoms with van der Waals surface area (Å²) in [7, 11) is 0. The highest BCUT2D eigenvalue weighted by Crippen LogP contribution is 2.39. The summed E-state index contributed by atoms with van der Waals surface area (Å²) in [4.78, 5) is 12.2. The number of imidazole rings is 1. The van der Waals surface area contributed by atoms with Crippen molar-refractivity contribution in [1.82, 2.24) is 19.4 Å². The van der Waals surface area contributed by atoms with Crippen LogP contribution in [0.1, 0.15) is 49.7 Å². The molecule has 0 amide bonds. The van der Waals surface area contributed by atoms with Gasteiger partial charge >= 0.3 is 0 Å². The average Bonchev–Trinajstić information content (AvgIpc) is 3.19. The second-order valence-corrected chi connectivity index (χ2v) is 7.67. The van der Waals surface area contributed by atoms with E-state index in [1.807, 2.05) is 12.3 Å². The fourth-order valence-electron chi connectivity index (χ4n) is 3.78. The summed E-state index contributed by atoms with van der Waals surface area (Å²) in [5, 5.41) is 0.527. The van der Waals surface area contributed by atoms with Crippen molar-refractivity contribution in [2.24, 2.45) is 0 Å². The minimum absolute atomic E-state index is 0.527. The van der Waals surface area contributed by atoms with Gasteiger partial charge in [-0.15, -0.1) is 11.8 Å². The zero-order chi connectivity index (χ0) is 14.9. The molecule has 2 aromatic rings. The summed E-state index contributed by atoms with van der Waals surface area (Å²) in [5.41, 5.74) is 2.16. The van der Waals surface area contributed by atoms with E-state index in [1.54, 1.807) is 0 Å². The predicted molar refractivity (Wildman–Crippen MR) is 92.3 cm³/mol. The van der Waals surface area contributed by atoms with Crippen molar-refractivity contribution in [3.05, 3.63) is 24.2 Å². The van der Waals surface area contributed by atoms with E-state index >= 15 is 0 Å². The third-order valence-corrected chi connectivity index (χ3v) is 6.36. The molecule has 0 aliphatic carbocycles. The average molecular weight is 316 g/mol. The minimum Gasteiger partial charge on any atom is -0.303 e. The molecule has 22 heavy (non-hydrogen) atoms. The lowest BCUT2D eigenvalue weighted by atomic mass is 10.1. The molecule has 2 atom stereocenters. The van der Waals surface area contributed by atoms with Crippen LogP contribution in [0.25, 0.3) is 11.2 Å². The van der Waals surface area contributed by atoms with E-state index in [0.29, 0.717) is 11.3 Å². The summed E-state index contributed by atoms with van der Waals surface area (Å²) < 4.78 is 2.48. The Kier molecular flexibility index (Phi) is 4.09. The Morgan fingerprint density at radius 2 is 2.27 bits per heavy atom. The lowest BCUT2D eigenvalue weighted by molar-refractivity contribution is 0.351. The van der Waals surface area contributed by atoms with Gasteiger partial charge in [-0.05, 0) is 56.7 Å². The van der Waals surface area contributed by atoms with E-state index in [1.165, 1.54) is 43.8 Å². The second kappa shape index (κ2) is 6.20. The molecule has 0 bridgehead atoms. The van der Waals surface area contributed by atoms with Gasteiger partial charge in [0, 0.05) is 18.7 Å². The topological polar surface area (TPSA) is 34.0 Å². The number of thioether (sulfide) groups is 1. The third-order valence-electron chi connectivity index (χ3n) is 5.00. The Morgan fingerprint density at radius 3 is 3.05 bits per heavy atom. The zero-order valence-corrected chi connectivity index (χ0v) is 14.1. The smallest absolute Gasteiger partial charge is 0.160 e. The molecule has 0 aromatic carbocycles. The number of nitrogens with zero attached hydrogens (tertiary/aromatic N) is 4. The lowest BCUT2D eigenvalue weighted by Gasteiger charge is -2.26. The van der Waals surface area contributed by atoms with Crippen molar-refractivity contribution in [2.75, 3.05) is 25.4 Å². The first-order valence-corrected chi connectivity index (χ1v) is 9.58. The van der Waals surface area contributed by atoms with Crippen LogP contribution >= 0.6 is 11.8 Å². The number of rotatable bonds is 3. The van der Waals surface area contributed by atoms with Crippen LogP contribution in [0.15, 0.2) is 18.3 Å². The van der Waals surface area contributed by atoms with Crippen LogP contribution in [0.4, 0.5) is 0 Å². The number of fused-ring (bicyclic) bond motifs is 1. The number of aromatic nitrogens is 3. The number of hydrogen-bond acceptors (Lipinski definition) is 4. The van der Waals surface area contributed by atoms with Gasteiger partial charge in [0.15, 0.2) is 5.65 Å². The van der Waals surface area contributed by atoms with Crippen LogP contribution in [0.5, 0.6) is 0 Å². The van der Waals surface area contributed by atoms with Crippen LogP contribution < -0.4 is 0 Å². The van der Waals surface area contributed by atoms with Crippen LogP contribution in [0, 0.1) is 0 Å². The normalized spacial score (nSPS) is 26.8. The largest absolute Gasteiger partial charge is 0.303 e. The molecule has 0 saturated carbocycles. The van der Waals surface area contributed by atoms with E-state index in [9.17, 15) is 0 Å². The van der Waals surface area contributed by atoms with E-state index in [0.717, 1.165) is 24.3 Å². The van der Waals surface area contributed by atoms with Gasteiger partial charge in [-0.25, -0.2) is 9.97 Å². The molecule has 0 spiro atoms. The SMILES string of the molecule is CCN1CCC(c2nc3cccnc3n2C2CCCCS2)C1. The van der Waals surface area contributed by atoms with Crippen LogP contribution in [-0.2, 0) is 0 Å². The van der Waals surface area contributed by atoms with Gasteiger partial charge in [0.2, 0.25) is 0 Å². The molecule has 4 heterocycles.